The second kappa shape index (κ2) is 15.8. The number of likely N-dealkylation sites (N-methyl/N-ethyl adjacent to an activating group) is 2. The van der Waals surface area contributed by atoms with Gasteiger partial charge >= 0.3 is 12.1 Å². The van der Waals surface area contributed by atoms with Crippen LogP contribution in [0, 0.1) is 5.92 Å². The second-order valence-electron chi connectivity index (χ2n) is 13.4. The quantitative estimate of drug-likeness (QED) is 0.203. The van der Waals surface area contributed by atoms with Crippen molar-refractivity contribution < 1.29 is 28.7 Å². The Morgan fingerprint density at radius 2 is 1.50 bits per heavy atom. The van der Waals surface area contributed by atoms with Crippen LogP contribution < -0.4 is 5.32 Å². The number of hydrogen-bond donors (Lipinski definition) is 1. The van der Waals surface area contributed by atoms with Gasteiger partial charge in [-0.1, -0.05) is 69.7 Å². The Morgan fingerprint density at radius 3 is 1.95 bits per heavy atom. The van der Waals surface area contributed by atoms with Crippen LogP contribution in [0.2, 0.25) is 0 Å². The highest BCUT2D eigenvalue weighted by Crippen LogP contribution is 2.33. The Hall–Kier alpha value is -3.01. The zero-order chi connectivity index (χ0) is 34.2. The molecule has 44 heavy (non-hydrogen) atoms. The van der Waals surface area contributed by atoms with Crippen LogP contribution in [-0.2, 0) is 29.3 Å². The van der Waals surface area contributed by atoms with Gasteiger partial charge in [-0.15, -0.1) is 0 Å². The summed E-state index contributed by atoms with van der Waals surface area (Å²) in [7, 11) is 3.22. The van der Waals surface area contributed by atoms with Crippen LogP contribution in [0.5, 0.6) is 0 Å². The highest BCUT2D eigenvalue weighted by molar-refractivity contribution is 8.00. The lowest BCUT2D eigenvalue weighted by Gasteiger charge is -2.43. The van der Waals surface area contributed by atoms with E-state index in [9.17, 15) is 19.2 Å². The molecule has 0 aromatic heterocycles. The molecule has 1 rings (SSSR count). The molecule has 0 bridgehead atoms. The van der Waals surface area contributed by atoms with Crippen molar-refractivity contribution in [3.05, 3.63) is 47.5 Å². The van der Waals surface area contributed by atoms with Crippen molar-refractivity contribution in [2.24, 2.45) is 5.92 Å². The number of esters is 1. The van der Waals surface area contributed by atoms with Gasteiger partial charge in [-0.05, 0) is 66.2 Å². The Labute approximate surface area is 269 Å². The smallest absolute Gasteiger partial charge is 0.411 e. The van der Waals surface area contributed by atoms with Crippen molar-refractivity contribution in [2.75, 3.05) is 27.0 Å². The number of carbonyl (C=O) groups is 4. The number of nitrogens with one attached hydrogen (secondary N) is 1. The molecular formula is C34H55N3O6S. The number of amides is 3. The van der Waals surface area contributed by atoms with Gasteiger partial charge in [-0.25, -0.2) is 9.59 Å². The van der Waals surface area contributed by atoms with Crippen molar-refractivity contribution in [3.8, 4) is 0 Å². The van der Waals surface area contributed by atoms with E-state index in [0.717, 1.165) is 11.1 Å². The number of nitrogens with zero attached hydrogens (tertiary/aromatic N) is 2. The number of thioether (sulfide) groups is 1. The molecule has 0 fully saturated rings. The summed E-state index contributed by atoms with van der Waals surface area (Å²) in [5, 5.41) is 3.04. The van der Waals surface area contributed by atoms with Crippen molar-refractivity contribution in [1.82, 2.24) is 15.1 Å². The Kier molecular flexibility index (Phi) is 14.0. The molecule has 9 nitrogen and oxygen atoms in total. The fourth-order valence-electron chi connectivity index (χ4n) is 5.07. The Bertz CT molecular complexity index is 1170. The maximum atomic E-state index is 14.4. The summed E-state index contributed by atoms with van der Waals surface area (Å²) in [4.78, 5) is 57.6. The van der Waals surface area contributed by atoms with E-state index < -0.39 is 45.8 Å². The summed E-state index contributed by atoms with van der Waals surface area (Å²) in [5.74, 6) is -1.32. The summed E-state index contributed by atoms with van der Waals surface area (Å²) in [6, 6.07) is 7.15. The SMILES string of the molecule is CCOC(=O)C(C)(C)OC(=O)N(C)[C@H](C(=O)N[C@H](C(=O)N(C)[C@H](C=C(C)C)C(C)C)C(C)(C)SC)C(C)(C)c1ccccc1. The van der Waals surface area contributed by atoms with Gasteiger partial charge in [0, 0.05) is 24.3 Å². The van der Waals surface area contributed by atoms with Gasteiger partial charge in [0.25, 0.3) is 0 Å². The third-order valence-electron chi connectivity index (χ3n) is 7.97. The van der Waals surface area contributed by atoms with Crippen LogP contribution in [0.15, 0.2) is 42.0 Å². The van der Waals surface area contributed by atoms with E-state index >= 15 is 0 Å². The molecule has 0 heterocycles. The molecule has 0 saturated carbocycles. The Balaban J connectivity index is 3.66. The van der Waals surface area contributed by atoms with Crippen LogP contribution in [0.1, 0.15) is 81.7 Å². The van der Waals surface area contributed by atoms with Crippen molar-refractivity contribution in [3.63, 3.8) is 0 Å². The molecule has 1 aromatic carbocycles. The monoisotopic (exact) mass is 633 g/mol. The summed E-state index contributed by atoms with van der Waals surface area (Å²) in [6.07, 6.45) is 3.08. The molecule has 0 saturated heterocycles. The predicted molar refractivity (Wildman–Crippen MR) is 179 cm³/mol. The number of ether oxygens (including phenoxy) is 2. The third kappa shape index (κ3) is 9.74. The number of allylic oxidation sites excluding steroid dienone is 1. The van der Waals surface area contributed by atoms with Gasteiger partial charge in [-0.3, -0.25) is 14.5 Å². The first kappa shape index (κ1) is 39.0. The zero-order valence-corrected chi connectivity index (χ0v) is 30.0. The molecule has 0 radical (unpaired) electrons. The van der Waals surface area contributed by atoms with Crippen molar-refractivity contribution in [2.45, 2.75) is 110 Å². The molecule has 0 unspecified atom stereocenters. The Morgan fingerprint density at radius 1 is 0.955 bits per heavy atom. The summed E-state index contributed by atoms with van der Waals surface area (Å²) in [5.41, 5.74) is -0.628. The van der Waals surface area contributed by atoms with E-state index in [1.165, 1.54) is 37.6 Å². The summed E-state index contributed by atoms with van der Waals surface area (Å²) in [6.45, 7) is 20.3. The van der Waals surface area contributed by atoms with Crippen LogP contribution >= 0.6 is 11.8 Å². The van der Waals surface area contributed by atoms with E-state index in [1.807, 2.05) is 78.1 Å². The fraction of sp³-hybridized carbons (Fsp3) is 0.647. The lowest BCUT2D eigenvalue weighted by molar-refractivity contribution is -0.162. The predicted octanol–water partition coefficient (Wildman–Crippen LogP) is 5.82. The summed E-state index contributed by atoms with van der Waals surface area (Å²) < 4.78 is 9.98. The van der Waals surface area contributed by atoms with Crippen LogP contribution in [0.4, 0.5) is 4.79 Å². The minimum Gasteiger partial charge on any atom is -0.463 e. The molecule has 3 atom stereocenters. The van der Waals surface area contributed by atoms with E-state index in [0.29, 0.717) is 0 Å². The number of benzene rings is 1. The second-order valence-corrected chi connectivity index (χ2v) is 14.8. The lowest BCUT2D eigenvalue weighted by atomic mass is 9.76. The van der Waals surface area contributed by atoms with Gasteiger partial charge in [0.2, 0.25) is 17.4 Å². The highest BCUT2D eigenvalue weighted by Gasteiger charge is 2.47. The van der Waals surface area contributed by atoms with E-state index in [4.69, 9.17) is 9.47 Å². The molecule has 0 aliphatic carbocycles. The van der Waals surface area contributed by atoms with E-state index in [-0.39, 0.29) is 24.5 Å². The van der Waals surface area contributed by atoms with Gasteiger partial charge in [0.05, 0.1) is 12.6 Å². The summed E-state index contributed by atoms with van der Waals surface area (Å²) >= 11 is 1.47. The molecule has 0 aliphatic heterocycles. The average Bonchev–Trinajstić information content (AvgIpc) is 2.93. The first-order valence-electron chi connectivity index (χ1n) is 15.1. The largest absolute Gasteiger partial charge is 0.463 e. The minimum atomic E-state index is -1.59. The molecule has 0 aliphatic rings. The van der Waals surface area contributed by atoms with Gasteiger partial charge in [0.1, 0.15) is 12.1 Å². The topological polar surface area (TPSA) is 105 Å². The fourth-order valence-corrected chi connectivity index (χ4v) is 5.47. The normalized spacial score (nSPS) is 14.2. The maximum Gasteiger partial charge on any atom is 0.411 e. The van der Waals surface area contributed by atoms with Crippen LogP contribution in [0.3, 0.4) is 0 Å². The standard InChI is InChI=1S/C34H55N3O6S/c1-15-42-30(40)33(8,9)43-31(41)37(13)27(32(6,7)24-19-17-16-18-20-24)28(38)35-26(34(10,11)44-14)29(39)36(12)25(23(4)5)21-22(2)3/h16-21,23,25-27H,15H2,1-14H3,(H,35,38)/t25-,26-,27-/m1/s1. The zero-order valence-electron chi connectivity index (χ0n) is 29.2. The van der Waals surface area contributed by atoms with Crippen molar-refractivity contribution in [1.29, 1.82) is 0 Å². The van der Waals surface area contributed by atoms with E-state index in [2.05, 4.69) is 25.2 Å². The molecule has 0 spiro atoms. The van der Waals surface area contributed by atoms with Gasteiger partial charge < -0.3 is 19.7 Å². The molecule has 248 valence electrons. The van der Waals surface area contributed by atoms with Crippen molar-refractivity contribution >= 4 is 35.6 Å². The average molecular weight is 634 g/mol. The first-order chi connectivity index (χ1) is 20.1. The number of rotatable bonds is 14. The molecule has 3 amide bonds. The van der Waals surface area contributed by atoms with Crippen LogP contribution in [0.25, 0.3) is 0 Å². The van der Waals surface area contributed by atoms with E-state index in [1.54, 1.807) is 18.9 Å². The van der Waals surface area contributed by atoms with Gasteiger partial charge in [0.15, 0.2) is 0 Å². The number of hydrogen-bond acceptors (Lipinski definition) is 7. The lowest BCUT2D eigenvalue weighted by Crippen LogP contribution is -2.64. The van der Waals surface area contributed by atoms with Gasteiger partial charge in [-0.2, -0.15) is 11.8 Å². The first-order valence-corrected chi connectivity index (χ1v) is 16.3. The molecule has 10 heteroatoms. The highest BCUT2D eigenvalue weighted by atomic mass is 32.2. The maximum absolute atomic E-state index is 14.4. The molecule has 1 aromatic rings. The minimum absolute atomic E-state index is 0.127. The molecule has 1 N–H and O–H groups in total. The molecular weight excluding hydrogens is 578 g/mol. The van der Waals surface area contributed by atoms with Crippen LogP contribution in [-0.4, -0.2) is 89.1 Å². The number of carbonyl (C=O) groups excluding carboxylic acids is 4. The third-order valence-corrected chi connectivity index (χ3v) is 9.26.